The molecular weight excluding hydrogens is 342 g/mol. The van der Waals surface area contributed by atoms with Crippen molar-refractivity contribution < 1.29 is 4.42 Å². The van der Waals surface area contributed by atoms with Gasteiger partial charge in [-0.3, -0.25) is 4.90 Å². The van der Waals surface area contributed by atoms with E-state index in [4.69, 9.17) is 16.0 Å². The van der Waals surface area contributed by atoms with Crippen molar-refractivity contribution >= 4 is 23.4 Å². The van der Waals surface area contributed by atoms with Crippen molar-refractivity contribution in [3.63, 3.8) is 0 Å². The number of aromatic nitrogens is 2. The molecule has 1 aromatic heterocycles. The molecule has 0 amide bonds. The summed E-state index contributed by atoms with van der Waals surface area (Å²) in [5.41, 5.74) is 2.01. The van der Waals surface area contributed by atoms with Gasteiger partial charge in [0.1, 0.15) is 0 Å². The van der Waals surface area contributed by atoms with Crippen molar-refractivity contribution in [3.8, 4) is 11.5 Å². The van der Waals surface area contributed by atoms with Gasteiger partial charge in [0.25, 0.3) is 0 Å². The average molecular weight is 360 g/mol. The van der Waals surface area contributed by atoms with Crippen molar-refractivity contribution in [1.29, 1.82) is 0 Å². The van der Waals surface area contributed by atoms with Gasteiger partial charge in [-0.15, -0.1) is 22.0 Å². The second-order valence-electron chi connectivity index (χ2n) is 5.50. The molecule has 0 bridgehead atoms. The second-order valence-corrected chi connectivity index (χ2v) is 6.79. The van der Waals surface area contributed by atoms with Crippen molar-refractivity contribution in [2.24, 2.45) is 0 Å². The fourth-order valence-corrected chi connectivity index (χ4v) is 3.02. The van der Waals surface area contributed by atoms with Crippen LogP contribution in [0.25, 0.3) is 11.5 Å². The number of nitrogens with zero attached hydrogens (tertiary/aromatic N) is 3. The van der Waals surface area contributed by atoms with Crippen LogP contribution in [0, 0.1) is 0 Å². The van der Waals surface area contributed by atoms with E-state index in [1.165, 1.54) is 10.5 Å². The Balaban J connectivity index is 1.64. The summed E-state index contributed by atoms with van der Waals surface area (Å²) in [6, 6.07) is 16.0. The molecule has 6 heteroatoms. The van der Waals surface area contributed by atoms with Gasteiger partial charge in [0.05, 0.1) is 17.1 Å². The Labute approximate surface area is 150 Å². The quantitative estimate of drug-likeness (QED) is 0.594. The smallest absolute Gasteiger partial charge is 0.249 e. The van der Waals surface area contributed by atoms with Gasteiger partial charge in [0.15, 0.2) is 0 Å². The Morgan fingerprint density at radius 1 is 1.04 bits per heavy atom. The Bertz CT molecular complexity index is 804. The van der Waals surface area contributed by atoms with Crippen LogP contribution >= 0.6 is 23.4 Å². The fraction of sp³-hybridized carbons (Fsp3) is 0.222. The van der Waals surface area contributed by atoms with Crippen molar-refractivity contribution in [2.75, 3.05) is 13.3 Å². The summed E-state index contributed by atoms with van der Waals surface area (Å²) in [6.07, 6.45) is 2.08. The highest BCUT2D eigenvalue weighted by molar-refractivity contribution is 7.98. The predicted molar refractivity (Wildman–Crippen MR) is 98.1 cm³/mol. The van der Waals surface area contributed by atoms with Crippen molar-refractivity contribution in [3.05, 3.63) is 65.0 Å². The molecule has 0 saturated heterocycles. The van der Waals surface area contributed by atoms with Crippen molar-refractivity contribution in [2.45, 2.75) is 18.0 Å². The zero-order chi connectivity index (χ0) is 16.9. The van der Waals surface area contributed by atoms with E-state index >= 15 is 0 Å². The molecule has 3 aromatic rings. The van der Waals surface area contributed by atoms with Gasteiger partial charge < -0.3 is 4.42 Å². The Hall–Kier alpha value is -1.82. The Morgan fingerprint density at radius 3 is 2.50 bits per heavy atom. The predicted octanol–water partition coefficient (Wildman–Crippen LogP) is 4.74. The van der Waals surface area contributed by atoms with E-state index in [-0.39, 0.29) is 0 Å². The molecule has 0 aliphatic rings. The van der Waals surface area contributed by atoms with E-state index in [1.54, 1.807) is 11.8 Å². The van der Waals surface area contributed by atoms with E-state index in [0.29, 0.717) is 23.3 Å². The third kappa shape index (κ3) is 4.17. The van der Waals surface area contributed by atoms with Crippen LogP contribution < -0.4 is 0 Å². The maximum absolute atomic E-state index is 6.17. The molecule has 0 aliphatic heterocycles. The summed E-state index contributed by atoms with van der Waals surface area (Å²) in [4.78, 5) is 3.40. The first-order valence-corrected chi connectivity index (χ1v) is 9.15. The third-order valence-electron chi connectivity index (χ3n) is 3.59. The highest BCUT2D eigenvalue weighted by Crippen LogP contribution is 2.26. The molecule has 3 rings (SSSR count). The van der Waals surface area contributed by atoms with Gasteiger partial charge in [-0.1, -0.05) is 35.9 Å². The summed E-state index contributed by atoms with van der Waals surface area (Å²) in [6.45, 7) is 1.40. The number of hydrogen-bond donors (Lipinski definition) is 0. The lowest BCUT2D eigenvalue weighted by atomic mass is 10.2. The first-order valence-electron chi connectivity index (χ1n) is 7.54. The van der Waals surface area contributed by atoms with Crippen molar-refractivity contribution in [1.82, 2.24) is 15.1 Å². The van der Waals surface area contributed by atoms with E-state index < -0.39 is 0 Å². The minimum absolute atomic E-state index is 0.452. The lowest BCUT2D eigenvalue weighted by Gasteiger charge is -2.14. The number of rotatable bonds is 6. The second kappa shape index (κ2) is 7.83. The fourth-order valence-electron chi connectivity index (χ4n) is 2.39. The molecule has 0 N–H and O–H groups in total. The molecule has 124 valence electrons. The minimum Gasteiger partial charge on any atom is -0.419 e. The summed E-state index contributed by atoms with van der Waals surface area (Å²) >= 11 is 7.91. The number of halogens is 1. The highest BCUT2D eigenvalue weighted by atomic mass is 35.5. The van der Waals surface area contributed by atoms with Crippen LogP contribution in [-0.4, -0.2) is 28.4 Å². The standard InChI is InChI=1S/C18H18ClN3OS/c1-22(11-13-7-9-14(24-2)10-8-13)12-17-20-21-18(23-17)15-5-3-4-6-16(15)19/h3-10H,11-12H2,1-2H3. The van der Waals surface area contributed by atoms with Crippen LogP contribution in [0.1, 0.15) is 11.5 Å². The molecule has 2 aromatic carbocycles. The number of benzene rings is 2. The Kier molecular flexibility index (Phi) is 5.56. The van der Waals surface area contributed by atoms with Crippen LogP contribution in [0.3, 0.4) is 0 Å². The third-order valence-corrected chi connectivity index (χ3v) is 4.66. The molecule has 0 spiro atoms. The molecule has 0 saturated carbocycles. The first-order chi connectivity index (χ1) is 11.7. The summed E-state index contributed by atoms with van der Waals surface area (Å²) in [7, 11) is 2.03. The van der Waals surface area contributed by atoms with E-state index in [0.717, 1.165) is 12.1 Å². The number of hydrogen-bond acceptors (Lipinski definition) is 5. The minimum atomic E-state index is 0.452. The van der Waals surface area contributed by atoms with Crippen LogP contribution in [0.4, 0.5) is 0 Å². The topological polar surface area (TPSA) is 42.2 Å². The average Bonchev–Trinajstić information content (AvgIpc) is 3.04. The maximum atomic E-state index is 6.17. The van der Waals surface area contributed by atoms with Crippen LogP contribution in [0.5, 0.6) is 0 Å². The van der Waals surface area contributed by atoms with E-state index in [9.17, 15) is 0 Å². The zero-order valence-electron chi connectivity index (χ0n) is 13.6. The molecular formula is C18H18ClN3OS. The monoisotopic (exact) mass is 359 g/mol. The summed E-state index contributed by atoms with van der Waals surface area (Å²) in [5.74, 6) is 1.03. The lowest BCUT2D eigenvalue weighted by molar-refractivity contribution is 0.283. The first kappa shape index (κ1) is 17.0. The van der Waals surface area contributed by atoms with Gasteiger partial charge in [0, 0.05) is 11.4 Å². The highest BCUT2D eigenvalue weighted by Gasteiger charge is 2.13. The van der Waals surface area contributed by atoms with E-state index in [1.807, 2.05) is 31.3 Å². The zero-order valence-corrected chi connectivity index (χ0v) is 15.1. The number of thioether (sulfide) groups is 1. The van der Waals surface area contributed by atoms with Gasteiger partial charge in [-0.25, -0.2) is 0 Å². The normalized spacial score (nSPS) is 11.2. The van der Waals surface area contributed by atoms with Gasteiger partial charge >= 0.3 is 0 Å². The molecule has 0 aliphatic carbocycles. The molecule has 24 heavy (non-hydrogen) atoms. The molecule has 4 nitrogen and oxygen atoms in total. The van der Waals surface area contributed by atoms with Crippen LogP contribution in [0.15, 0.2) is 57.8 Å². The molecule has 0 atom stereocenters. The summed E-state index contributed by atoms with van der Waals surface area (Å²) in [5, 5.41) is 8.83. The molecule has 0 unspecified atom stereocenters. The molecule has 0 radical (unpaired) electrons. The van der Waals surface area contributed by atoms with E-state index in [2.05, 4.69) is 45.6 Å². The Morgan fingerprint density at radius 2 is 1.79 bits per heavy atom. The van der Waals surface area contributed by atoms with Gasteiger partial charge in [-0.05, 0) is 43.1 Å². The maximum Gasteiger partial charge on any atom is 0.249 e. The van der Waals surface area contributed by atoms with Gasteiger partial charge in [-0.2, -0.15) is 0 Å². The molecule has 1 heterocycles. The van der Waals surface area contributed by atoms with Gasteiger partial charge in [0.2, 0.25) is 11.8 Å². The summed E-state index contributed by atoms with van der Waals surface area (Å²) < 4.78 is 5.74. The van der Waals surface area contributed by atoms with Crippen LogP contribution in [0.2, 0.25) is 5.02 Å². The largest absolute Gasteiger partial charge is 0.419 e. The SMILES string of the molecule is CSc1ccc(CN(C)Cc2nnc(-c3ccccc3Cl)o2)cc1. The van der Waals surface area contributed by atoms with Crippen LogP contribution in [-0.2, 0) is 13.1 Å². The molecule has 0 fully saturated rings. The lowest BCUT2D eigenvalue weighted by Crippen LogP contribution is -2.17.